The largest absolute Gasteiger partial charge is 0.491 e. The molecule has 1 atom stereocenters. The highest BCUT2D eigenvalue weighted by atomic mass is 127. The van der Waals surface area contributed by atoms with E-state index in [1.165, 1.54) is 0 Å². The average Bonchev–Trinajstić information content (AvgIpc) is 2.48. The molecule has 20 heavy (non-hydrogen) atoms. The number of ether oxygens (including phenoxy) is 2. The molecule has 0 radical (unpaired) electrons. The van der Waals surface area contributed by atoms with Crippen molar-refractivity contribution in [1.82, 2.24) is 0 Å². The minimum Gasteiger partial charge on any atom is -0.491 e. The molecule has 0 aromatic heterocycles. The Kier molecular flexibility index (Phi) is 5.82. The molecule has 1 unspecified atom stereocenters. The van der Waals surface area contributed by atoms with Gasteiger partial charge in [0, 0.05) is 16.2 Å². The topological polar surface area (TPSA) is 38.7 Å². The zero-order valence-electron chi connectivity index (χ0n) is 11.3. The first-order valence-corrected chi connectivity index (χ1v) is 7.44. The summed E-state index contributed by atoms with van der Waals surface area (Å²) in [5.41, 5.74) is 1.62. The lowest BCUT2D eigenvalue weighted by atomic mass is 10.0. The number of aliphatic hydroxyl groups is 1. The molecule has 0 bridgehead atoms. The summed E-state index contributed by atoms with van der Waals surface area (Å²) in [4.78, 5) is 0. The van der Waals surface area contributed by atoms with E-state index in [2.05, 4.69) is 22.6 Å². The molecule has 2 aromatic carbocycles. The van der Waals surface area contributed by atoms with Gasteiger partial charge in [-0.25, -0.2) is 0 Å². The van der Waals surface area contributed by atoms with Crippen molar-refractivity contribution < 1.29 is 14.6 Å². The van der Waals surface area contributed by atoms with Crippen LogP contribution in [0.2, 0.25) is 0 Å². The summed E-state index contributed by atoms with van der Waals surface area (Å²) in [5.74, 6) is 0.690. The van der Waals surface area contributed by atoms with Crippen LogP contribution in [0.15, 0.2) is 48.5 Å². The summed E-state index contributed by atoms with van der Waals surface area (Å²) >= 11 is 2.24. The van der Waals surface area contributed by atoms with Gasteiger partial charge in [-0.2, -0.15) is 0 Å². The average molecular weight is 384 g/mol. The van der Waals surface area contributed by atoms with Crippen molar-refractivity contribution in [3.05, 3.63) is 63.2 Å². The maximum absolute atomic E-state index is 10.5. The number of benzene rings is 2. The molecule has 1 N–H and O–H groups in total. The predicted octanol–water partition coefficient (Wildman–Crippen LogP) is 3.40. The summed E-state index contributed by atoms with van der Waals surface area (Å²) < 4.78 is 11.8. The molecule has 0 fully saturated rings. The fraction of sp³-hybridized carbons (Fsp3) is 0.250. The SMILES string of the molecule is COCCOc1ccccc1C(O)c1ccc(I)cc1. The van der Waals surface area contributed by atoms with Gasteiger partial charge in [-0.05, 0) is 46.4 Å². The molecule has 0 saturated carbocycles. The Hall–Kier alpha value is -1.11. The third-order valence-corrected chi connectivity index (χ3v) is 3.66. The second-order valence-corrected chi connectivity index (χ2v) is 5.58. The Bertz CT molecular complexity index is 540. The van der Waals surface area contributed by atoms with Crippen molar-refractivity contribution in [2.45, 2.75) is 6.10 Å². The quantitative estimate of drug-likeness (QED) is 0.613. The van der Waals surface area contributed by atoms with Gasteiger partial charge in [0.1, 0.15) is 18.5 Å². The van der Waals surface area contributed by atoms with E-state index in [1.807, 2.05) is 48.5 Å². The van der Waals surface area contributed by atoms with E-state index >= 15 is 0 Å². The molecule has 0 aliphatic rings. The first-order chi connectivity index (χ1) is 9.72. The van der Waals surface area contributed by atoms with Gasteiger partial charge < -0.3 is 14.6 Å². The van der Waals surface area contributed by atoms with Crippen molar-refractivity contribution >= 4 is 22.6 Å². The van der Waals surface area contributed by atoms with Crippen LogP contribution in [-0.2, 0) is 4.74 Å². The minimum absolute atomic E-state index is 0.465. The highest BCUT2D eigenvalue weighted by Crippen LogP contribution is 2.30. The lowest BCUT2D eigenvalue weighted by molar-refractivity contribution is 0.142. The van der Waals surface area contributed by atoms with Gasteiger partial charge in [0.05, 0.1) is 6.61 Å². The molecule has 0 aliphatic carbocycles. The fourth-order valence-electron chi connectivity index (χ4n) is 1.90. The molecule has 4 heteroatoms. The Morgan fingerprint density at radius 1 is 1.05 bits per heavy atom. The molecule has 0 heterocycles. The van der Waals surface area contributed by atoms with Crippen molar-refractivity contribution in [2.24, 2.45) is 0 Å². The summed E-state index contributed by atoms with van der Waals surface area (Å²) in [6.45, 7) is 0.987. The smallest absolute Gasteiger partial charge is 0.125 e. The van der Waals surface area contributed by atoms with E-state index in [1.54, 1.807) is 7.11 Å². The number of methoxy groups -OCH3 is 1. The molecule has 2 aromatic rings. The van der Waals surface area contributed by atoms with Gasteiger partial charge in [-0.3, -0.25) is 0 Å². The highest BCUT2D eigenvalue weighted by Gasteiger charge is 2.15. The molecule has 0 aliphatic heterocycles. The van der Waals surface area contributed by atoms with Gasteiger partial charge in [0.2, 0.25) is 0 Å². The Morgan fingerprint density at radius 3 is 2.45 bits per heavy atom. The zero-order valence-corrected chi connectivity index (χ0v) is 13.4. The standard InChI is InChI=1S/C16H17IO3/c1-19-10-11-20-15-5-3-2-4-14(15)16(18)12-6-8-13(17)9-7-12/h2-9,16,18H,10-11H2,1H3. The van der Waals surface area contributed by atoms with E-state index in [-0.39, 0.29) is 0 Å². The molecule has 106 valence electrons. The summed E-state index contributed by atoms with van der Waals surface area (Å²) in [6.07, 6.45) is -0.689. The molecule has 0 amide bonds. The van der Waals surface area contributed by atoms with Crippen LogP contribution in [-0.4, -0.2) is 25.4 Å². The van der Waals surface area contributed by atoms with Gasteiger partial charge in [0.25, 0.3) is 0 Å². The van der Waals surface area contributed by atoms with Crippen molar-refractivity contribution in [3.8, 4) is 5.75 Å². The highest BCUT2D eigenvalue weighted by molar-refractivity contribution is 14.1. The van der Waals surface area contributed by atoms with E-state index in [0.29, 0.717) is 19.0 Å². The van der Waals surface area contributed by atoms with Gasteiger partial charge in [-0.15, -0.1) is 0 Å². The normalized spacial score (nSPS) is 12.2. The number of aliphatic hydroxyl groups excluding tert-OH is 1. The number of rotatable bonds is 6. The second kappa shape index (κ2) is 7.61. The Balaban J connectivity index is 2.20. The molecule has 0 saturated heterocycles. The van der Waals surface area contributed by atoms with Gasteiger partial charge >= 0.3 is 0 Å². The number of hydrogen-bond donors (Lipinski definition) is 1. The lowest BCUT2D eigenvalue weighted by Gasteiger charge is -2.16. The maximum Gasteiger partial charge on any atom is 0.125 e. The van der Waals surface area contributed by atoms with Crippen LogP contribution < -0.4 is 4.74 Å². The van der Waals surface area contributed by atoms with Crippen LogP contribution in [0.5, 0.6) is 5.75 Å². The molecular formula is C16H17IO3. The van der Waals surface area contributed by atoms with Crippen LogP contribution >= 0.6 is 22.6 Å². The second-order valence-electron chi connectivity index (χ2n) is 4.33. The van der Waals surface area contributed by atoms with Crippen LogP contribution in [0.1, 0.15) is 17.2 Å². The summed E-state index contributed by atoms with van der Waals surface area (Å²) in [5, 5.41) is 10.5. The van der Waals surface area contributed by atoms with Crippen LogP contribution in [0, 0.1) is 3.57 Å². The van der Waals surface area contributed by atoms with Crippen LogP contribution in [0.4, 0.5) is 0 Å². The number of hydrogen-bond acceptors (Lipinski definition) is 3. The monoisotopic (exact) mass is 384 g/mol. The third kappa shape index (κ3) is 3.94. The number of para-hydroxylation sites is 1. The first-order valence-electron chi connectivity index (χ1n) is 6.36. The molecular weight excluding hydrogens is 367 g/mol. The number of halogens is 1. The molecule has 2 rings (SSSR count). The van der Waals surface area contributed by atoms with E-state index in [0.717, 1.165) is 14.7 Å². The summed E-state index contributed by atoms with van der Waals surface area (Å²) in [7, 11) is 1.63. The molecule has 0 spiro atoms. The van der Waals surface area contributed by atoms with Crippen molar-refractivity contribution in [3.63, 3.8) is 0 Å². The van der Waals surface area contributed by atoms with Crippen LogP contribution in [0.25, 0.3) is 0 Å². The Labute approximate surface area is 132 Å². The Morgan fingerprint density at radius 2 is 1.75 bits per heavy atom. The third-order valence-electron chi connectivity index (χ3n) is 2.94. The van der Waals surface area contributed by atoms with Crippen molar-refractivity contribution in [2.75, 3.05) is 20.3 Å². The van der Waals surface area contributed by atoms with Crippen LogP contribution in [0.3, 0.4) is 0 Å². The fourth-order valence-corrected chi connectivity index (χ4v) is 2.26. The van der Waals surface area contributed by atoms with E-state index in [9.17, 15) is 5.11 Å². The van der Waals surface area contributed by atoms with Gasteiger partial charge in [0.15, 0.2) is 0 Å². The lowest BCUT2D eigenvalue weighted by Crippen LogP contribution is -2.08. The summed E-state index contributed by atoms with van der Waals surface area (Å²) in [6, 6.07) is 15.4. The minimum atomic E-state index is -0.689. The maximum atomic E-state index is 10.5. The molecule has 3 nitrogen and oxygen atoms in total. The first kappa shape index (κ1) is 15.3. The zero-order chi connectivity index (χ0) is 14.4. The van der Waals surface area contributed by atoms with E-state index < -0.39 is 6.10 Å². The van der Waals surface area contributed by atoms with E-state index in [4.69, 9.17) is 9.47 Å². The van der Waals surface area contributed by atoms with Crippen molar-refractivity contribution in [1.29, 1.82) is 0 Å². The van der Waals surface area contributed by atoms with Gasteiger partial charge in [-0.1, -0.05) is 30.3 Å². The predicted molar refractivity (Wildman–Crippen MR) is 87.0 cm³/mol.